The molecule has 2 aromatic heterocycles. The van der Waals surface area contributed by atoms with E-state index in [4.69, 9.17) is 5.73 Å². The van der Waals surface area contributed by atoms with E-state index in [9.17, 15) is 9.90 Å². The van der Waals surface area contributed by atoms with Gasteiger partial charge in [-0.3, -0.25) is 9.78 Å². The van der Waals surface area contributed by atoms with E-state index in [1.54, 1.807) is 42.9 Å². The summed E-state index contributed by atoms with van der Waals surface area (Å²) in [5.41, 5.74) is 10.0. The molecule has 0 fully saturated rings. The number of carbonyl (C=O) groups is 1. The van der Waals surface area contributed by atoms with Gasteiger partial charge in [-0.05, 0) is 54.6 Å². The third kappa shape index (κ3) is 3.65. The van der Waals surface area contributed by atoms with E-state index in [0.29, 0.717) is 16.9 Å². The van der Waals surface area contributed by atoms with Crippen LogP contribution >= 0.6 is 0 Å². The summed E-state index contributed by atoms with van der Waals surface area (Å²) in [6.45, 7) is 0. The molecule has 0 saturated carbocycles. The number of aliphatic hydroxyl groups excluding tert-OH is 1. The van der Waals surface area contributed by atoms with Gasteiger partial charge in [0, 0.05) is 57.8 Å². The van der Waals surface area contributed by atoms with Crippen LogP contribution < -0.4 is 16.4 Å². The maximum absolute atomic E-state index is 12.5. The van der Waals surface area contributed by atoms with Gasteiger partial charge >= 0.3 is 0 Å². The van der Waals surface area contributed by atoms with Crippen LogP contribution in [-0.2, 0) is 4.79 Å². The zero-order valence-electron chi connectivity index (χ0n) is 14.9. The molecule has 4 aromatic rings. The molecule has 6 N–H and O–H groups in total. The molecule has 4 rings (SSSR count). The number of H-pyrrole nitrogens is 1. The summed E-state index contributed by atoms with van der Waals surface area (Å²) < 4.78 is 0. The van der Waals surface area contributed by atoms with Crippen LogP contribution in [0.5, 0.6) is 0 Å². The Bertz CT molecular complexity index is 1110. The van der Waals surface area contributed by atoms with E-state index >= 15 is 0 Å². The molecule has 0 radical (unpaired) electrons. The van der Waals surface area contributed by atoms with E-state index in [1.807, 2.05) is 30.3 Å². The number of nitrogens with one attached hydrogen (secondary N) is 3. The summed E-state index contributed by atoms with van der Waals surface area (Å²) in [5.74, 6) is -0.516. The molecule has 2 heterocycles. The number of carbonyl (C=O) groups excluding carboxylic acids is 1. The van der Waals surface area contributed by atoms with E-state index in [0.717, 1.165) is 22.3 Å². The van der Waals surface area contributed by atoms with Gasteiger partial charge in [-0.2, -0.15) is 0 Å². The van der Waals surface area contributed by atoms with Crippen molar-refractivity contribution in [1.82, 2.24) is 9.97 Å². The van der Waals surface area contributed by atoms with Crippen molar-refractivity contribution in [3.8, 4) is 0 Å². The number of nitrogens with two attached hydrogens (primary N) is 1. The standard InChI is InChI=1S/C21H19N5O2/c22-13-1-6-19-17(11-13)18(12-24-19)20(27)21(28)26-15-4-2-14(3-5-15)25-16-7-9-23-10-8-16/h1-12,20,24,27H,22H2,(H,23,25)(H,26,28). The molecule has 2 aromatic carbocycles. The summed E-state index contributed by atoms with van der Waals surface area (Å²) >= 11 is 0. The van der Waals surface area contributed by atoms with Gasteiger partial charge in [0.2, 0.25) is 0 Å². The zero-order chi connectivity index (χ0) is 19.5. The molecule has 1 unspecified atom stereocenters. The minimum atomic E-state index is -1.31. The molecule has 0 saturated heterocycles. The van der Waals surface area contributed by atoms with E-state index < -0.39 is 12.0 Å². The van der Waals surface area contributed by atoms with Crippen LogP contribution in [0.15, 0.2) is 73.2 Å². The number of anilines is 4. The van der Waals surface area contributed by atoms with Crippen LogP contribution in [0.2, 0.25) is 0 Å². The summed E-state index contributed by atoms with van der Waals surface area (Å²) in [4.78, 5) is 19.5. The zero-order valence-corrected chi connectivity index (χ0v) is 14.9. The number of hydrogen-bond acceptors (Lipinski definition) is 5. The van der Waals surface area contributed by atoms with Crippen LogP contribution in [0.4, 0.5) is 22.7 Å². The van der Waals surface area contributed by atoms with E-state index in [-0.39, 0.29) is 0 Å². The minimum Gasteiger partial charge on any atom is -0.399 e. The van der Waals surface area contributed by atoms with Gasteiger partial charge < -0.3 is 26.5 Å². The number of fused-ring (bicyclic) bond motifs is 1. The Morgan fingerprint density at radius 3 is 2.43 bits per heavy atom. The number of aromatic nitrogens is 2. The number of pyridine rings is 1. The largest absolute Gasteiger partial charge is 0.399 e. The van der Waals surface area contributed by atoms with E-state index in [2.05, 4.69) is 20.6 Å². The molecule has 0 aliphatic rings. The highest BCUT2D eigenvalue weighted by Gasteiger charge is 2.21. The fourth-order valence-corrected chi connectivity index (χ4v) is 2.98. The maximum Gasteiger partial charge on any atom is 0.257 e. The Labute approximate surface area is 161 Å². The monoisotopic (exact) mass is 373 g/mol. The fourth-order valence-electron chi connectivity index (χ4n) is 2.98. The first-order chi connectivity index (χ1) is 13.6. The van der Waals surface area contributed by atoms with Gasteiger partial charge in [0.15, 0.2) is 6.10 Å². The molecular formula is C21H19N5O2. The van der Waals surface area contributed by atoms with Gasteiger partial charge in [-0.1, -0.05) is 0 Å². The SMILES string of the molecule is Nc1ccc2[nH]cc(C(O)C(=O)Nc3ccc(Nc4ccncc4)cc3)c2c1. The summed E-state index contributed by atoms with van der Waals surface area (Å²) in [6, 6.07) is 16.2. The number of aliphatic hydroxyl groups is 1. The second kappa shape index (κ2) is 7.42. The lowest BCUT2D eigenvalue weighted by molar-refractivity contribution is -0.124. The average Bonchev–Trinajstić information content (AvgIpc) is 3.12. The van der Waals surface area contributed by atoms with Crippen molar-refractivity contribution >= 4 is 39.6 Å². The van der Waals surface area contributed by atoms with Crippen LogP contribution in [0.25, 0.3) is 10.9 Å². The van der Waals surface area contributed by atoms with Gasteiger partial charge in [-0.15, -0.1) is 0 Å². The minimum absolute atomic E-state index is 0.482. The van der Waals surface area contributed by atoms with Crippen molar-refractivity contribution in [3.05, 3.63) is 78.8 Å². The third-order valence-corrected chi connectivity index (χ3v) is 4.40. The molecular weight excluding hydrogens is 354 g/mol. The lowest BCUT2D eigenvalue weighted by atomic mass is 10.1. The molecule has 0 spiro atoms. The normalized spacial score (nSPS) is 11.9. The summed E-state index contributed by atoms with van der Waals surface area (Å²) in [5, 5.41) is 17.2. The van der Waals surface area contributed by atoms with Crippen molar-refractivity contribution in [3.63, 3.8) is 0 Å². The number of aromatic amines is 1. The number of hydrogen-bond donors (Lipinski definition) is 5. The van der Waals surface area contributed by atoms with Gasteiger partial charge in [0.25, 0.3) is 5.91 Å². The fraction of sp³-hybridized carbons (Fsp3) is 0.0476. The molecule has 0 bridgehead atoms. The highest BCUT2D eigenvalue weighted by Crippen LogP contribution is 2.27. The van der Waals surface area contributed by atoms with Crippen LogP contribution in [0.1, 0.15) is 11.7 Å². The van der Waals surface area contributed by atoms with Crippen molar-refractivity contribution in [1.29, 1.82) is 0 Å². The predicted octanol–water partition coefficient (Wildman–Crippen LogP) is 3.56. The van der Waals surface area contributed by atoms with Gasteiger partial charge in [-0.25, -0.2) is 0 Å². The predicted molar refractivity (Wildman–Crippen MR) is 110 cm³/mol. The Kier molecular flexibility index (Phi) is 4.65. The van der Waals surface area contributed by atoms with Crippen molar-refractivity contribution in [2.24, 2.45) is 0 Å². The van der Waals surface area contributed by atoms with Gasteiger partial charge in [0.05, 0.1) is 0 Å². The number of nitrogen functional groups attached to an aromatic ring is 1. The lowest BCUT2D eigenvalue weighted by Crippen LogP contribution is -2.20. The van der Waals surface area contributed by atoms with Crippen molar-refractivity contribution in [2.45, 2.75) is 6.10 Å². The Morgan fingerprint density at radius 2 is 1.68 bits per heavy atom. The molecule has 1 amide bonds. The van der Waals surface area contributed by atoms with Crippen LogP contribution in [0.3, 0.4) is 0 Å². The van der Waals surface area contributed by atoms with Crippen LogP contribution in [0, 0.1) is 0 Å². The second-order valence-electron chi connectivity index (χ2n) is 6.38. The molecule has 0 aliphatic heterocycles. The first-order valence-electron chi connectivity index (χ1n) is 8.73. The first-order valence-corrected chi connectivity index (χ1v) is 8.73. The topological polar surface area (TPSA) is 116 Å². The highest BCUT2D eigenvalue weighted by molar-refractivity contribution is 5.98. The molecule has 1 atom stereocenters. The third-order valence-electron chi connectivity index (χ3n) is 4.40. The summed E-state index contributed by atoms with van der Waals surface area (Å²) in [7, 11) is 0. The lowest BCUT2D eigenvalue weighted by Gasteiger charge is -2.12. The Hall–Kier alpha value is -3.84. The Morgan fingerprint density at radius 1 is 1.00 bits per heavy atom. The Balaban J connectivity index is 1.46. The molecule has 28 heavy (non-hydrogen) atoms. The maximum atomic E-state index is 12.5. The molecule has 7 heteroatoms. The molecule has 140 valence electrons. The van der Waals surface area contributed by atoms with E-state index in [1.165, 1.54) is 0 Å². The smallest absolute Gasteiger partial charge is 0.257 e. The molecule has 0 aliphatic carbocycles. The summed E-state index contributed by atoms with van der Waals surface area (Å²) in [6.07, 6.45) is 3.72. The van der Waals surface area contributed by atoms with Crippen LogP contribution in [-0.4, -0.2) is 21.0 Å². The number of nitrogens with zero attached hydrogens (tertiary/aromatic N) is 1. The van der Waals surface area contributed by atoms with Gasteiger partial charge in [0.1, 0.15) is 0 Å². The quantitative estimate of drug-likeness (QED) is 0.343. The second-order valence-corrected chi connectivity index (χ2v) is 6.38. The van der Waals surface area contributed by atoms with Crippen molar-refractivity contribution in [2.75, 3.05) is 16.4 Å². The number of rotatable bonds is 5. The number of benzene rings is 2. The molecule has 7 nitrogen and oxygen atoms in total. The number of amides is 1. The average molecular weight is 373 g/mol. The van der Waals surface area contributed by atoms with Crippen molar-refractivity contribution < 1.29 is 9.90 Å². The highest BCUT2D eigenvalue weighted by atomic mass is 16.3. The first kappa shape index (κ1) is 17.6.